The predicted octanol–water partition coefficient (Wildman–Crippen LogP) is 1.58. The maximum atomic E-state index is 13.6. The first-order valence-electron chi connectivity index (χ1n) is 5.81. The lowest BCUT2D eigenvalue weighted by molar-refractivity contribution is 0.0938. The highest BCUT2D eigenvalue weighted by molar-refractivity contribution is 5.97. The number of aliphatic hydroxyl groups is 1. The Morgan fingerprint density at radius 1 is 1.56 bits per heavy atom. The van der Waals surface area contributed by atoms with Crippen LogP contribution in [0.15, 0.2) is 18.2 Å². The van der Waals surface area contributed by atoms with Gasteiger partial charge >= 0.3 is 0 Å². The van der Waals surface area contributed by atoms with Crippen LogP contribution in [0.25, 0.3) is 0 Å². The summed E-state index contributed by atoms with van der Waals surface area (Å²) in [4.78, 5) is 11.9. The standard InChI is InChI=1S/C13H18FNO3/c1-9(6-7-16)8-15-13(17)12-10(14)4-3-5-11(12)18-2/h3-5,9,16H,6-8H2,1-2H3,(H,15,17). The lowest BCUT2D eigenvalue weighted by atomic mass is 10.1. The second-order valence-corrected chi connectivity index (χ2v) is 4.14. The number of nitrogens with one attached hydrogen (secondary N) is 1. The predicted molar refractivity (Wildman–Crippen MR) is 66.2 cm³/mol. The number of aliphatic hydroxyl groups excluding tert-OH is 1. The summed E-state index contributed by atoms with van der Waals surface area (Å²) in [6.07, 6.45) is 0.592. The number of carbonyl (C=O) groups is 1. The van der Waals surface area contributed by atoms with Crippen LogP contribution < -0.4 is 10.1 Å². The Hall–Kier alpha value is -1.62. The van der Waals surface area contributed by atoms with Crippen LogP contribution in [0.4, 0.5) is 4.39 Å². The number of benzene rings is 1. The highest BCUT2D eigenvalue weighted by atomic mass is 19.1. The first kappa shape index (κ1) is 14.4. The van der Waals surface area contributed by atoms with E-state index in [1.54, 1.807) is 0 Å². The van der Waals surface area contributed by atoms with E-state index in [2.05, 4.69) is 5.32 Å². The number of hydrogen-bond donors (Lipinski definition) is 2. The van der Waals surface area contributed by atoms with E-state index in [1.165, 1.54) is 25.3 Å². The molecule has 100 valence electrons. The molecule has 0 aliphatic carbocycles. The van der Waals surface area contributed by atoms with E-state index in [0.29, 0.717) is 13.0 Å². The fourth-order valence-electron chi connectivity index (χ4n) is 1.57. The summed E-state index contributed by atoms with van der Waals surface area (Å²) in [5, 5.41) is 11.4. The summed E-state index contributed by atoms with van der Waals surface area (Å²) in [5.74, 6) is -0.768. The van der Waals surface area contributed by atoms with Gasteiger partial charge in [0, 0.05) is 13.2 Å². The Morgan fingerprint density at radius 2 is 2.28 bits per heavy atom. The minimum absolute atomic E-state index is 0.0695. The van der Waals surface area contributed by atoms with E-state index < -0.39 is 11.7 Å². The van der Waals surface area contributed by atoms with Crippen molar-refractivity contribution in [3.05, 3.63) is 29.6 Å². The van der Waals surface area contributed by atoms with Crippen molar-refractivity contribution < 1.29 is 19.0 Å². The van der Waals surface area contributed by atoms with Crippen LogP contribution in [0, 0.1) is 11.7 Å². The van der Waals surface area contributed by atoms with Gasteiger partial charge in [0.2, 0.25) is 0 Å². The Balaban J connectivity index is 2.72. The van der Waals surface area contributed by atoms with E-state index in [1.807, 2.05) is 6.92 Å². The molecule has 0 spiro atoms. The Morgan fingerprint density at radius 3 is 2.89 bits per heavy atom. The minimum Gasteiger partial charge on any atom is -0.496 e. The van der Waals surface area contributed by atoms with Crippen molar-refractivity contribution in [2.24, 2.45) is 5.92 Å². The van der Waals surface area contributed by atoms with Crippen LogP contribution in [0.1, 0.15) is 23.7 Å². The summed E-state index contributed by atoms with van der Waals surface area (Å²) in [5.41, 5.74) is -0.0869. The number of halogens is 1. The van der Waals surface area contributed by atoms with Crippen LogP contribution in [0.5, 0.6) is 5.75 Å². The topological polar surface area (TPSA) is 58.6 Å². The molecular weight excluding hydrogens is 237 g/mol. The van der Waals surface area contributed by atoms with Gasteiger partial charge in [-0.15, -0.1) is 0 Å². The molecule has 0 radical (unpaired) electrons. The summed E-state index contributed by atoms with van der Waals surface area (Å²) >= 11 is 0. The average molecular weight is 255 g/mol. The Labute approximate surface area is 106 Å². The van der Waals surface area contributed by atoms with Crippen LogP contribution in [-0.4, -0.2) is 31.3 Å². The molecule has 2 N–H and O–H groups in total. The molecule has 1 rings (SSSR count). The molecule has 1 aromatic rings. The van der Waals surface area contributed by atoms with Crippen LogP contribution in [-0.2, 0) is 0 Å². The molecule has 5 heteroatoms. The van der Waals surface area contributed by atoms with Crippen molar-refractivity contribution in [3.63, 3.8) is 0 Å². The van der Waals surface area contributed by atoms with Crippen LogP contribution in [0.2, 0.25) is 0 Å². The summed E-state index contributed by atoms with van der Waals surface area (Å²) in [7, 11) is 1.39. The second kappa shape index (κ2) is 6.96. The third kappa shape index (κ3) is 3.70. The smallest absolute Gasteiger partial charge is 0.258 e. The molecule has 0 aromatic heterocycles. The molecule has 0 aliphatic heterocycles. The molecule has 1 amide bonds. The van der Waals surface area contributed by atoms with Gasteiger partial charge in [0.25, 0.3) is 5.91 Å². The molecule has 0 saturated heterocycles. The molecule has 4 nitrogen and oxygen atoms in total. The molecule has 0 saturated carbocycles. The average Bonchev–Trinajstić information content (AvgIpc) is 2.36. The second-order valence-electron chi connectivity index (χ2n) is 4.14. The molecule has 1 atom stereocenters. The maximum Gasteiger partial charge on any atom is 0.258 e. The van der Waals surface area contributed by atoms with Crippen LogP contribution >= 0.6 is 0 Å². The van der Waals surface area contributed by atoms with Crippen molar-refractivity contribution in [2.75, 3.05) is 20.3 Å². The molecule has 18 heavy (non-hydrogen) atoms. The van der Waals surface area contributed by atoms with E-state index in [4.69, 9.17) is 9.84 Å². The number of hydrogen-bond acceptors (Lipinski definition) is 3. The van der Waals surface area contributed by atoms with Gasteiger partial charge in [-0.2, -0.15) is 0 Å². The molecule has 0 bridgehead atoms. The van der Waals surface area contributed by atoms with E-state index in [-0.39, 0.29) is 23.8 Å². The van der Waals surface area contributed by atoms with Gasteiger partial charge in [0.15, 0.2) is 0 Å². The lowest BCUT2D eigenvalue weighted by Gasteiger charge is -2.13. The highest BCUT2D eigenvalue weighted by Crippen LogP contribution is 2.20. The number of amides is 1. The zero-order valence-electron chi connectivity index (χ0n) is 10.6. The van der Waals surface area contributed by atoms with E-state index in [0.717, 1.165) is 0 Å². The number of carbonyl (C=O) groups excluding carboxylic acids is 1. The van der Waals surface area contributed by atoms with Crippen molar-refractivity contribution in [1.82, 2.24) is 5.32 Å². The normalized spacial score (nSPS) is 12.0. The third-order valence-electron chi connectivity index (χ3n) is 2.66. The number of ether oxygens (including phenoxy) is 1. The zero-order chi connectivity index (χ0) is 13.5. The van der Waals surface area contributed by atoms with Crippen molar-refractivity contribution in [2.45, 2.75) is 13.3 Å². The maximum absolute atomic E-state index is 13.6. The number of methoxy groups -OCH3 is 1. The summed E-state index contributed by atoms with van der Waals surface area (Å²) in [6.45, 7) is 2.35. The largest absolute Gasteiger partial charge is 0.496 e. The summed E-state index contributed by atoms with van der Waals surface area (Å²) in [6, 6.07) is 4.24. The summed E-state index contributed by atoms with van der Waals surface area (Å²) < 4.78 is 18.5. The van der Waals surface area contributed by atoms with Gasteiger partial charge in [-0.3, -0.25) is 4.79 Å². The van der Waals surface area contributed by atoms with Gasteiger partial charge in [0.1, 0.15) is 17.1 Å². The molecule has 0 aliphatic rings. The van der Waals surface area contributed by atoms with Crippen LogP contribution in [0.3, 0.4) is 0 Å². The third-order valence-corrected chi connectivity index (χ3v) is 2.66. The highest BCUT2D eigenvalue weighted by Gasteiger charge is 2.17. The SMILES string of the molecule is COc1cccc(F)c1C(=O)NCC(C)CCO. The van der Waals surface area contributed by atoms with Crippen molar-refractivity contribution in [3.8, 4) is 5.75 Å². The van der Waals surface area contributed by atoms with Gasteiger partial charge in [-0.25, -0.2) is 4.39 Å². The van der Waals surface area contributed by atoms with Gasteiger partial charge in [-0.05, 0) is 24.5 Å². The van der Waals surface area contributed by atoms with Gasteiger partial charge < -0.3 is 15.2 Å². The number of rotatable bonds is 6. The molecular formula is C13H18FNO3. The fraction of sp³-hybridized carbons (Fsp3) is 0.462. The van der Waals surface area contributed by atoms with Gasteiger partial charge in [0.05, 0.1) is 7.11 Å². The first-order valence-corrected chi connectivity index (χ1v) is 5.81. The molecule has 1 unspecified atom stereocenters. The quantitative estimate of drug-likeness (QED) is 0.811. The van der Waals surface area contributed by atoms with Crippen molar-refractivity contribution in [1.29, 1.82) is 0 Å². The Bertz CT molecular complexity index is 409. The first-order chi connectivity index (χ1) is 8.60. The van der Waals surface area contributed by atoms with E-state index in [9.17, 15) is 9.18 Å². The minimum atomic E-state index is -0.610. The fourth-order valence-corrected chi connectivity index (χ4v) is 1.57. The van der Waals surface area contributed by atoms with E-state index >= 15 is 0 Å². The Kier molecular flexibility index (Phi) is 5.58. The lowest BCUT2D eigenvalue weighted by Crippen LogP contribution is -2.29. The van der Waals surface area contributed by atoms with Crippen molar-refractivity contribution >= 4 is 5.91 Å². The molecule has 0 heterocycles. The zero-order valence-corrected chi connectivity index (χ0v) is 10.6. The van der Waals surface area contributed by atoms with Gasteiger partial charge in [-0.1, -0.05) is 13.0 Å². The molecule has 1 aromatic carbocycles. The monoisotopic (exact) mass is 255 g/mol. The molecule has 0 fully saturated rings.